The van der Waals surface area contributed by atoms with Crippen molar-refractivity contribution in [1.82, 2.24) is 0 Å². The molecule has 0 aliphatic rings. The molecular weight excluding hydrogens is 1320 g/mol. The van der Waals surface area contributed by atoms with Crippen LogP contribution in [-0.2, 0) is 65.4 Å². The maximum Gasteiger partial charge on any atom is 0.472 e. The van der Waals surface area contributed by atoms with Gasteiger partial charge in [0, 0.05) is 25.7 Å². The second-order valence-corrected chi connectivity index (χ2v) is 32.9. The van der Waals surface area contributed by atoms with Crippen molar-refractivity contribution in [2.24, 2.45) is 5.92 Å². The zero-order valence-corrected chi connectivity index (χ0v) is 67.8. The fraction of sp³-hybridized carbons (Fsp3) is 0.951. The molecule has 0 saturated heterocycles. The molecule has 0 saturated carbocycles. The van der Waals surface area contributed by atoms with Crippen LogP contribution in [0.3, 0.4) is 0 Å². The highest BCUT2D eigenvalue weighted by Gasteiger charge is 2.30. The summed E-state index contributed by atoms with van der Waals surface area (Å²) >= 11 is 0. The molecule has 2 unspecified atom stereocenters. The van der Waals surface area contributed by atoms with E-state index in [1.54, 1.807) is 0 Å². The highest BCUT2D eigenvalue weighted by atomic mass is 31.2. The molecule has 0 rings (SSSR count). The smallest absolute Gasteiger partial charge is 0.462 e. The first-order valence-electron chi connectivity index (χ1n) is 42.6. The topological polar surface area (TPSA) is 237 Å². The minimum absolute atomic E-state index is 0.108. The van der Waals surface area contributed by atoms with Gasteiger partial charge in [-0.1, -0.05) is 388 Å². The molecule has 5 atom stereocenters. The lowest BCUT2D eigenvalue weighted by Gasteiger charge is -2.21. The van der Waals surface area contributed by atoms with Crippen LogP contribution in [-0.4, -0.2) is 96.7 Å². The van der Waals surface area contributed by atoms with E-state index in [0.29, 0.717) is 25.7 Å². The third-order valence-electron chi connectivity index (χ3n) is 19.3. The van der Waals surface area contributed by atoms with Crippen molar-refractivity contribution in [2.45, 2.75) is 457 Å². The highest BCUT2D eigenvalue weighted by molar-refractivity contribution is 7.47. The molecule has 0 aromatic rings. The van der Waals surface area contributed by atoms with Gasteiger partial charge < -0.3 is 33.8 Å². The van der Waals surface area contributed by atoms with Gasteiger partial charge in [-0.05, 0) is 31.6 Å². The predicted molar refractivity (Wildman–Crippen MR) is 414 cm³/mol. The van der Waals surface area contributed by atoms with E-state index in [9.17, 15) is 43.2 Å². The van der Waals surface area contributed by atoms with Gasteiger partial charge in [-0.3, -0.25) is 37.3 Å². The van der Waals surface area contributed by atoms with Crippen LogP contribution in [0.5, 0.6) is 0 Å². The van der Waals surface area contributed by atoms with Gasteiger partial charge in [-0.15, -0.1) is 0 Å². The number of unbranched alkanes of at least 4 members (excludes halogenated alkanes) is 54. The van der Waals surface area contributed by atoms with Crippen molar-refractivity contribution in [3.8, 4) is 0 Å². The maximum absolute atomic E-state index is 13.1. The molecule has 600 valence electrons. The number of phosphoric acid groups is 2. The van der Waals surface area contributed by atoms with E-state index in [0.717, 1.165) is 95.8 Å². The fourth-order valence-corrected chi connectivity index (χ4v) is 14.3. The van der Waals surface area contributed by atoms with Crippen molar-refractivity contribution >= 4 is 39.5 Å². The van der Waals surface area contributed by atoms with E-state index in [1.807, 2.05) is 0 Å². The van der Waals surface area contributed by atoms with E-state index in [4.69, 9.17) is 37.0 Å². The average molecular weight is 1480 g/mol. The summed E-state index contributed by atoms with van der Waals surface area (Å²) in [5.41, 5.74) is 0. The molecule has 0 aliphatic heterocycles. The lowest BCUT2D eigenvalue weighted by Crippen LogP contribution is -2.30. The third kappa shape index (κ3) is 76.1. The van der Waals surface area contributed by atoms with Crippen molar-refractivity contribution in [1.29, 1.82) is 0 Å². The maximum atomic E-state index is 13.1. The molecule has 0 amide bonds. The van der Waals surface area contributed by atoms with Crippen LogP contribution in [0.4, 0.5) is 0 Å². The van der Waals surface area contributed by atoms with Crippen LogP contribution < -0.4 is 0 Å². The number of carbonyl (C=O) groups excluding carboxylic acids is 4. The summed E-state index contributed by atoms with van der Waals surface area (Å²) < 4.78 is 68.7. The van der Waals surface area contributed by atoms with Crippen LogP contribution in [0.25, 0.3) is 0 Å². The minimum Gasteiger partial charge on any atom is -0.462 e. The molecule has 0 aliphatic carbocycles. The first-order chi connectivity index (χ1) is 49.0. The van der Waals surface area contributed by atoms with E-state index < -0.39 is 97.5 Å². The Hall–Kier alpha value is -1.94. The molecule has 19 heteroatoms. The Bertz CT molecular complexity index is 1930. The Morgan fingerprint density at radius 3 is 0.673 bits per heavy atom. The average Bonchev–Trinajstić information content (AvgIpc) is 1.02. The fourth-order valence-electron chi connectivity index (χ4n) is 12.8. The van der Waals surface area contributed by atoms with Crippen LogP contribution >= 0.6 is 15.6 Å². The number of rotatable bonds is 82. The van der Waals surface area contributed by atoms with Crippen LogP contribution in [0.2, 0.25) is 0 Å². The highest BCUT2D eigenvalue weighted by Crippen LogP contribution is 2.45. The largest absolute Gasteiger partial charge is 0.472 e. The van der Waals surface area contributed by atoms with Gasteiger partial charge in [-0.25, -0.2) is 9.13 Å². The SMILES string of the molecule is CCCCCCCCCCCCCCCCCCCCCC(=O)OC[C@H](COP(=O)(O)OC[C@@H](O)COP(=O)(O)OC[C@@H](COC(=O)CCCCCCCCCCCCC)OC(=O)CCCCCCCCCCCCCC)OC(=O)CCCCCCCCCCCCCCCCCCC(C)C. The van der Waals surface area contributed by atoms with Gasteiger partial charge in [0.2, 0.25) is 0 Å². The molecule has 0 fully saturated rings. The van der Waals surface area contributed by atoms with Gasteiger partial charge in [0.25, 0.3) is 0 Å². The van der Waals surface area contributed by atoms with Crippen LogP contribution in [0.1, 0.15) is 439 Å². The van der Waals surface area contributed by atoms with Gasteiger partial charge in [0.1, 0.15) is 19.3 Å². The number of aliphatic hydroxyl groups excluding tert-OH is 1. The molecule has 0 aromatic carbocycles. The van der Waals surface area contributed by atoms with Gasteiger partial charge in [-0.2, -0.15) is 0 Å². The number of carbonyl (C=O) groups is 4. The zero-order valence-electron chi connectivity index (χ0n) is 66.1. The molecule has 3 N–H and O–H groups in total. The molecule has 101 heavy (non-hydrogen) atoms. The van der Waals surface area contributed by atoms with E-state index in [-0.39, 0.29) is 25.7 Å². The Kier molecular flexibility index (Phi) is 73.5. The quantitative estimate of drug-likeness (QED) is 0.0222. The van der Waals surface area contributed by atoms with Gasteiger partial charge in [0.15, 0.2) is 12.2 Å². The summed E-state index contributed by atoms with van der Waals surface area (Å²) in [6, 6.07) is 0. The Balaban J connectivity index is 5.22. The van der Waals surface area contributed by atoms with E-state index in [1.165, 1.54) is 263 Å². The summed E-state index contributed by atoms with van der Waals surface area (Å²) in [5.74, 6) is -1.29. The molecule has 0 spiro atoms. The van der Waals surface area contributed by atoms with Crippen molar-refractivity contribution in [3.05, 3.63) is 0 Å². The Morgan fingerprint density at radius 2 is 0.455 bits per heavy atom. The van der Waals surface area contributed by atoms with E-state index in [2.05, 4.69) is 34.6 Å². The first kappa shape index (κ1) is 99.1. The standard InChI is InChI=1S/C82H160O17P2/c1-6-9-12-15-18-21-24-26-27-28-29-30-34-37-42-46-51-56-61-66-80(85)93-72-78(99-82(87)68-63-58-53-48-43-38-35-32-31-33-36-40-44-49-54-59-64-75(4)5)74-97-101(90,91)95-70-76(83)69-94-100(88,89)96-73-77(71-92-79(84)65-60-55-50-45-39-23-20-17-14-11-8-3)98-81(86)67-62-57-52-47-41-25-22-19-16-13-10-7-2/h75-78,83H,6-74H2,1-5H3,(H,88,89)(H,90,91)/t76-,77+,78+/m0/s1. The normalized spacial score (nSPS) is 13.8. The predicted octanol–water partition coefficient (Wildman–Crippen LogP) is 24.8. The summed E-state index contributed by atoms with van der Waals surface area (Å²) in [7, 11) is -9.92. The number of ether oxygens (including phenoxy) is 4. The van der Waals surface area contributed by atoms with Crippen LogP contribution in [0.15, 0.2) is 0 Å². The van der Waals surface area contributed by atoms with Crippen LogP contribution in [0, 0.1) is 5.92 Å². The Morgan fingerprint density at radius 1 is 0.267 bits per heavy atom. The zero-order chi connectivity index (χ0) is 74.1. The summed E-state index contributed by atoms with van der Waals surface area (Å²) in [4.78, 5) is 73.0. The molecule has 0 radical (unpaired) electrons. The second-order valence-electron chi connectivity index (χ2n) is 30.0. The minimum atomic E-state index is -4.96. The number of esters is 4. The lowest BCUT2D eigenvalue weighted by atomic mass is 10.0. The first-order valence-corrected chi connectivity index (χ1v) is 45.6. The third-order valence-corrected chi connectivity index (χ3v) is 21.2. The molecule has 0 bridgehead atoms. The monoisotopic (exact) mass is 1480 g/mol. The van der Waals surface area contributed by atoms with Gasteiger partial charge in [0.05, 0.1) is 26.4 Å². The number of hydrogen-bond acceptors (Lipinski definition) is 15. The molecule has 0 aromatic heterocycles. The number of hydrogen-bond donors (Lipinski definition) is 3. The van der Waals surface area contributed by atoms with Crippen molar-refractivity contribution < 1.29 is 80.2 Å². The van der Waals surface area contributed by atoms with Crippen molar-refractivity contribution in [2.75, 3.05) is 39.6 Å². The number of phosphoric ester groups is 2. The summed E-state index contributed by atoms with van der Waals surface area (Å²) in [6.07, 6.45) is 66.5. The molecule has 0 heterocycles. The van der Waals surface area contributed by atoms with Gasteiger partial charge >= 0.3 is 39.5 Å². The second kappa shape index (κ2) is 74.9. The number of aliphatic hydroxyl groups is 1. The lowest BCUT2D eigenvalue weighted by molar-refractivity contribution is -0.161. The summed E-state index contributed by atoms with van der Waals surface area (Å²) in [5, 5.41) is 10.6. The molecular formula is C82H160O17P2. The Labute approximate surface area is 619 Å². The van der Waals surface area contributed by atoms with E-state index >= 15 is 0 Å². The summed E-state index contributed by atoms with van der Waals surface area (Å²) in [6.45, 7) is 7.36. The molecule has 17 nitrogen and oxygen atoms in total. The van der Waals surface area contributed by atoms with Crippen molar-refractivity contribution in [3.63, 3.8) is 0 Å².